The lowest BCUT2D eigenvalue weighted by atomic mass is 9.89. The Morgan fingerprint density at radius 1 is 1.27 bits per heavy atom. The summed E-state index contributed by atoms with van der Waals surface area (Å²) in [6, 6.07) is 0. The van der Waals surface area contributed by atoms with Crippen LogP contribution in [0.5, 0.6) is 0 Å². The Kier molecular flexibility index (Phi) is 7.92. The van der Waals surface area contributed by atoms with Gasteiger partial charge >= 0.3 is 5.69 Å². The van der Waals surface area contributed by atoms with Crippen molar-refractivity contribution in [2.24, 2.45) is 12.8 Å². The van der Waals surface area contributed by atoms with Gasteiger partial charge in [-0.2, -0.15) is 8.42 Å². The van der Waals surface area contributed by atoms with Gasteiger partial charge in [0.25, 0.3) is 15.7 Å². The summed E-state index contributed by atoms with van der Waals surface area (Å²) in [4.78, 5) is 25.7. The highest BCUT2D eigenvalue weighted by Crippen LogP contribution is 2.51. The molecule has 37 heavy (non-hydrogen) atoms. The molecular weight excluding hydrogens is 518 g/mol. The van der Waals surface area contributed by atoms with Crippen molar-refractivity contribution in [3.8, 4) is 0 Å². The maximum atomic E-state index is 13.2. The van der Waals surface area contributed by atoms with Crippen LogP contribution in [0.25, 0.3) is 0 Å². The standard InChI is InChI=1S/C24H39N3O8SSi/c1-15(2)10-11-32-13-18-24(17(25)14-36(30,31)35-24)19(34-37(8,9)23(4,5)6)21(33-18)27-12-16(3)20(28)26(7)22(27)29/h10,12,14,18-19,21H,11,13,25H2,1-9H3/t18?,19-,21+,24?/m0/s1. The van der Waals surface area contributed by atoms with Crippen LogP contribution in [0, 0.1) is 6.92 Å². The molecule has 1 aromatic heterocycles. The largest absolute Gasteiger partial charge is 0.406 e. The minimum atomic E-state index is -4.17. The second-order valence-electron chi connectivity index (χ2n) is 11.4. The summed E-state index contributed by atoms with van der Waals surface area (Å²) in [5.41, 5.74) is 4.77. The van der Waals surface area contributed by atoms with Gasteiger partial charge in [-0.3, -0.25) is 13.9 Å². The molecule has 13 heteroatoms. The lowest BCUT2D eigenvalue weighted by Gasteiger charge is -2.43. The highest BCUT2D eigenvalue weighted by molar-refractivity contribution is 7.90. The van der Waals surface area contributed by atoms with Crippen molar-refractivity contribution < 1.29 is 26.5 Å². The summed E-state index contributed by atoms with van der Waals surface area (Å²) in [6.45, 7) is 15.7. The topological polar surface area (TPSA) is 141 Å². The van der Waals surface area contributed by atoms with E-state index >= 15 is 0 Å². The lowest BCUT2D eigenvalue weighted by Crippen LogP contribution is -2.58. The zero-order chi connectivity index (χ0) is 28.1. The Balaban J connectivity index is 2.23. The molecule has 0 saturated carbocycles. The number of hydrogen-bond donors (Lipinski definition) is 1. The van der Waals surface area contributed by atoms with E-state index in [-0.39, 0.29) is 23.9 Å². The van der Waals surface area contributed by atoms with Crippen molar-refractivity contribution in [3.63, 3.8) is 0 Å². The van der Waals surface area contributed by atoms with E-state index in [9.17, 15) is 18.0 Å². The van der Waals surface area contributed by atoms with Gasteiger partial charge in [0.2, 0.25) is 0 Å². The van der Waals surface area contributed by atoms with Gasteiger partial charge in [0, 0.05) is 18.8 Å². The number of nitrogens with two attached hydrogens (primary N) is 1. The predicted octanol–water partition coefficient (Wildman–Crippen LogP) is 2.02. The second-order valence-corrected chi connectivity index (χ2v) is 17.6. The molecule has 0 bridgehead atoms. The molecule has 0 radical (unpaired) electrons. The summed E-state index contributed by atoms with van der Waals surface area (Å²) in [6.07, 6.45) is -0.0516. The van der Waals surface area contributed by atoms with Crippen LogP contribution in [0.2, 0.25) is 18.1 Å². The minimum absolute atomic E-state index is 0.0821. The number of ether oxygens (including phenoxy) is 2. The first-order chi connectivity index (χ1) is 16.8. The number of allylic oxidation sites excluding steroid dienone is 1. The first kappa shape index (κ1) is 29.5. The highest BCUT2D eigenvalue weighted by Gasteiger charge is 2.67. The molecular formula is C24H39N3O8SSi. The zero-order valence-corrected chi connectivity index (χ0v) is 24.8. The summed E-state index contributed by atoms with van der Waals surface area (Å²) < 4.78 is 52.2. The Hall–Kier alpha value is -2.03. The van der Waals surface area contributed by atoms with E-state index in [4.69, 9.17) is 23.8 Å². The minimum Gasteiger partial charge on any atom is -0.406 e. The van der Waals surface area contributed by atoms with Gasteiger partial charge in [-0.25, -0.2) is 8.98 Å². The molecule has 2 N–H and O–H groups in total. The molecule has 3 heterocycles. The van der Waals surface area contributed by atoms with Crippen molar-refractivity contribution in [1.82, 2.24) is 9.13 Å². The Bertz CT molecular complexity index is 1330. The summed E-state index contributed by atoms with van der Waals surface area (Å²) in [5, 5.41) is 0.579. The Morgan fingerprint density at radius 2 is 1.89 bits per heavy atom. The van der Waals surface area contributed by atoms with Crippen molar-refractivity contribution in [1.29, 1.82) is 0 Å². The third-order valence-corrected chi connectivity index (χ3v) is 12.8. The van der Waals surface area contributed by atoms with Crippen LogP contribution in [0.3, 0.4) is 0 Å². The quantitative estimate of drug-likeness (QED) is 0.231. The number of nitrogens with zero attached hydrogens (tertiary/aromatic N) is 2. The van der Waals surface area contributed by atoms with E-state index < -0.39 is 53.7 Å². The van der Waals surface area contributed by atoms with E-state index in [1.165, 1.54) is 17.8 Å². The second kappa shape index (κ2) is 9.93. The van der Waals surface area contributed by atoms with Gasteiger partial charge < -0.3 is 19.6 Å². The fourth-order valence-corrected chi connectivity index (χ4v) is 6.65. The summed E-state index contributed by atoms with van der Waals surface area (Å²) in [5.74, 6) is 0. The molecule has 2 aliphatic rings. The van der Waals surface area contributed by atoms with E-state index in [0.717, 1.165) is 15.5 Å². The molecule has 1 spiro atoms. The van der Waals surface area contributed by atoms with Crippen LogP contribution in [0.4, 0.5) is 0 Å². The fraction of sp³-hybridized carbons (Fsp3) is 0.667. The molecule has 0 amide bonds. The molecule has 1 aromatic rings. The van der Waals surface area contributed by atoms with Crippen molar-refractivity contribution in [2.75, 3.05) is 13.2 Å². The van der Waals surface area contributed by atoms with E-state index in [0.29, 0.717) is 5.56 Å². The Labute approximate surface area is 219 Å². The lowest BCUT2D eigenvalue weighted by molar-refractivity contribution is -0.0717. The van der Waals surface area contributed by atoms with Gasteiger partial charge in [-0.1, -0.05) is 32.4 Å². The zero-order valence-electron chi connectivity index (χ0n) is 23.0. The molecule has 2 aliphatic heterocycles. The van der Waals surface area contributed by atoms with Gasteiger partial charge in [0.05, 0.1) is 24.3 Å². The van der Waals surface area contributed by atoms with Crippen LogP contribution in [-0.4, -0.2) is 56.9 Å². The van der Waals surface area contributed by atoms with Gasteiger partial charge in [0.15, 0.2) is 20.1 Å². The normalized spacial score (nSPS) is 27.5. The molecule has 4 atom stereocenters. The van der Waals surface area contributed by atoms with E-state index in [1.807, 2.05) is 53.8 Å². The van der Waals surface area contributed by atoms with Crippen molar-refractivity contribution in [2.45, 2.75) is 83.7 Å². The van der Waals surface area contributed by atoms with Crippen LogP contribution < -0.4 is 17.0 Å². The molecule has 0 aromatic carbocycles. The molecule has 2 unspecified atom stereocenters. The van der Waals surface area contributed by atoms with Crippen LogP contribution in [0.15, 0.2) is 38.5 Å². The smallest absolute Gasteiger partial charge is 0.332 e. The van der Waals surface area contributed by atoms with Crippen molar-refractivity contribution in [3.05, 3.63) is 55.4 Å². The number of rotatable bonds is 7. The number of aromatic nitrogens is 2. The SMILES string of the molecule is CC(C)=CCOCC1O[C@@H](n2cc(C)c(=O)n(C)c2=O)[C@H](O[Si](C)(C)C(C)(C)C)C12OS(=O)(=O)C=C2N. The predicted molar refractivity (Wildman–Crippen MR) is 142 cm³/mol. The first-order valence-corrected chi connectivity index (χ1v) is 16.5. The summed E-state index contributed by atoms with van der Waals surface area (Å²) >= 11 is 0. The molecule has 208 valence electrons. The molecule has 11 nitrogen and oxygen atoms in total. The Morgan fingerprint density at radius 3 is 2.41 bits per heavy atom. The van der Waals surface area contributed by atoms with Gasteiger partial charge in [-0.05, 0) is 38.9 Å². The monoisotopic (exact) mass is 557 g/mol. The highest BCUT2D eigenvalue weighted by atomic mass is 32.2. The summed E-state index contributed by atoms with van der Waals surface area (Å²) in [7, 11) is -5.42. The molecule has 3 rings (SSSR count). The maximum absolute atomic E-state index is 13.2. The van der Waals surface area contributed by atoms with E-state index in [2.05, 4.69) is 0 Å². The number of aryl methyl sites for hydroxylation is 1. The first-order valence-electron chi connectivity index (χ1n) is 12.1. The molecule has 1 saturated heterocycles. The van der Waals surface area contributed by atoms with Gasteiger partial charge in [-0.15, -0.1) is 0 Å². The molecule has 0 aliphatic carbocycles. The number of hydrogen-bond acceptors (Lipinski definition) is 9. The fourth-order valence-electron chi connectivity index (χ4n) is 4.14. The van der Waals surface area contributed by atoms with Crippen LogP contribution >= 0.6 is 0 Å². The maximum Gasteiger partial charge on any atom is 0.332 e. The molecule has 1 fully saturated rings. The van der Waals surface area contributed by atoms with Crippen LogP contribution in [-0.2, 0) is 35.2 Å². The average molecular weight is 558 g/mol. The average Bonchev–Trinajstić information content (AvgIpc) is 3.18. The van der Waals surface area contributed by atoms with E-state index in [1.54, 1.807) is 6.92 Å². The van der Waals surface area contributed by atoms with Crippen molar-refractivity contribution >= 4 is 18.4 Å². The van der Waals surface area contributed by atoms with Crippen LogP contribution in [0.1, 0.15) is 46.4 Å². The van der Waals surface area contributed by atoms with Gasteiger partial charge in [0.1, 0.15) is 12.2 Å². The third kappa shape index (κ3) is 5.43. The third-order valence-electron chi connectivity index (χ3n) is 7.30.